The zero-order chi connectivity index (χ0) is 22.8. The predicted molar refractivity (Wildman–Crippen MR) is 123 cm³/mol. The summed E-state index contributed by atoms with van der Waals surface area (Å²) in [5, 5.41) is 6.38. The Hall–Kier alpha value is -3.59. The van der Waals surface area contributed by atoms with Crippen molar-refractivity contribution in [1.82, 2.24) is 10.3 Å². The Balaban J connectivity index is 1.26. The Morgan fingerprint density at radius 1 is 1.18 bits per heavy atom. The fourth-order valence-corrected chi connectivity index (χ4v) is 5.09. The van der Waals surface area contributed by atoms with Crippen molar-refractivity contribution in [2.24, 2.45) is 0 Å². The number of methoxy groups -OCH3 is 1. The minimum Gasteiger partial charge on any atom is -0.497 e. The summed E-state index contributed by atoms with van der Waals surface area (Å²) in [5.41, 5.74) is 2.18. The molecular formula is C24H23N3O5S. The van der Waals surface area contributed by atoms with Gasteiger partial charge in [-0.25, -0.2) is 4.98 Å². The number of thiazole rings is 1. The molecule has 0 fully saturated rings. The van der Waals surface area contributed by atoms with Crippen LogP contribution < -0.4 is 24.8 Å². The van der Waals surface area contributed by atoms with Gasteiger partial charge in [0.25, 0.3) is 5.91 Å². The first-order valence-electron chi connectivity index (χ1n) is 10.7. The molecule has 0 saturated carbocycles. The molecule has 1 unspecified atom stereocenters. The second-order valence-corrected chi connectivity index (χ2v) is 8.95. The molecule has 5 rings (SSSR count). The summed E-state index contributed by atoms with van der Waals surface area (Å²) in [4.78, 5) is 31.4. The summed E-state index contributed by atoms with van der Waals surface area (Å²) in [7, 11) is 1.62. The highest BCUT2D eigenvalue weighted by Gasteiger charge is 2.30. The van der Waals surface area contributed by atoms with E-state index in [-0.39, 0.29) is 24.5 Å². The molecule has 0 spiro atoms. The van der Waals surface area contributed by atoms with Crippen LogP contribution in [0, 0.1) is 0 Å². The Bertz CT molecular complexity index is 1210. The van der Waals surface area contributed by atoms with Crippen LogP contribution in [-0.4, -0.2) is 30.7 Å². The molecule has 2 heterocycles. The van der Waals surface area contributed by atoms with Gasteiger partial charge in [-0.3, -0.25) is 14.9 Å². The number of aromatic nitrogens is 1. The van der Waals surface area contributed by atoms with Crippen molar-refractivity contribution in [1.29, 1.82) is 0 Å². The lowest BCUT2D eigenvalue weighted by Crippen LogP contribution is -2.31. The first kappa shape index (κ1) is 21.3. The van der Waals surface area contributed by atoms with E-state index in [0.29, 0.717) is 28.7 Å². The number of nitrogens with one attached hydrogen (secondary N) is 2. The Kier molecular flexibility index (Phi) is 5.87. The quantitative estimate of drug-likeness (QED) is 0.574. The molecule has 2 amide bonds. The standard InChI is InChI=1S/C24H23N3O5S/c1-30-16-5-2-4-14(10-16)12-25-23(29)17-6-3-7-20-21(17)26-24(33-20)27-22(28)15-8-9-18-19(11-15)32-13-31-18/h2,4-5,8-11,17H,3,6-7,12-13H2,1H3,(H,25,29)(H,26,27,28). The molecule has 1 aliphatic carbocycles. The van der Waals surface area contributed by atoms with Gasteiger partial charge in [0, 0.05) is 17.0 Å². The second kappa shape index (κ2) is 9.11. The van der Waals surface area contributed by atoms with Gasteiger partial charge in [0.2, 0.25) is 12.7 Å². The van der Waals surface area contributed by atoms with Gasteiger partial charge in [0.15, 0.2) is 16.6 Å². The fraction of sp³-hybridized carbons (Fsp3) is 0.292. The van der Waals surface area contributed by atoms with Gasteiger partial charge >= 0.3 is 0 Å². The van der Waals surface area contributed by atoms with Crippen molar-refractivity contribution in [3.8, 4) is 17.2 Å². The first-order valence-corrected chi connectivity index (χ1v) is 11.5. The van der Waals surface area contributed by atoms with Crippen LogP contribution in [0.4, 0.5) is 5.13 Å². The third kappa shape index (κ3) is 4.49. The molecule has 2 N–H and O–H groups in total. The van der Waals surface area contributed by atoms with Crippen molar-refractivity contribution in [2.75, 3.05) is 19.2 Å². The van der Waals surface area contributed by atoms with Gasteiger partial charge in [-0.15, -0.1) is 11.3 Å². The number of nitrogens with zero attached hydrogens (tertiary/aromatic N) is 1. The third-order valence-electron chi connectivity index (χ3n) is 5.73. The monoisotopic (exact) mass is 465 g/mol. The van der Waals surface area contributed by atoms with E-state index >= 15 is 0 Å². The van der Waals surface area contributed by atoms with Crippen LogP contribution >= 0.6 is 11.3 Å². The minimum absolute atomic E-state index is 0.0577. The number of fused-ring (bicyclic) bond motifs is 2. The molecule has 1 aliphatic heterocycles. The molecular weight excluding hydrogens is 442 g/mol. The molecule has 0 radical (unpaired) electrons. The Labute approximate surface area is 194 Å². The number of carbonyl (C=O) groups excluding carboxylic acids is 2. The summed E-state index contributed by atoms with van der Waals surface area (Å²) in [6, 6.07) is 12.7. The van der Waals surface area contributed by atoms with Gasteiger partial charge in [-0.1, -0.05) is 12.1 Å². The van der Waals surface area contributed by atoms with Gasteiger partial charge in [0.1, 0.15) is 5.75 Å². The topological polar surface area (TPSA) is 98.8 Å². The van der Waals surface area contributed by atoms with Crippen molar-refractivity contribution < 1.29 is 23.8 Å². The van der Waals surface area contributed by atoms with E-state index in [1.807, 2.05) is 24.3 Å². The molecule has 9 heteroatoms. The van der Waals surface area contributed by atoms with Crippen LogP contribution in [0.5, 0.6) is 17.2 Å². The van der Waals surface area contributed by atoms with E-state index in [1.54, 1.807) is 25.3 Å². The second-order valence-electron chi connectivity index (χ2n) is 7.86. The smallest absolute Gasteiger partial charge is 0.257 e. The summed E-state index contributed by atoms with van der Waals surface area (Å²) >= 11 is 1.43. The van der Waals surface area contributed by atoms with E-state index < -0.39 is 0 Å². The number of benzene rings is 2. The molecule has 2 aromatic carbocycles. The maximum absolute atomic E-state index is 13.0. The highest BCUT2D eigenvalue weighted by molar-refractivity contribution is 7.16. The fourth-order valence-electron chi connectivity index (χ4n) is 4.03. The summed E-state index contributed by atoms with van der Waals surface area (Å²) in [5.74, 6) is 1.26. The molecule has 2 aliphatic rings. The lowest BCUT2D eigenvalue weighted by Gasteiger charge is -2.20. The number of rotatable bonds is 6. The summed E-state index contributed by atoms with van der Waals surface area (Å²) in [6.45, 7) is 0.570. The molecule has 8 nitrogen and oxygen atoms in total. The number of carbonyl (C=O) groups is 2. The maximum Gasteiger partial charge on any atom is 0.257 e. The van der Waals surface area contributed by atoms with E-state index in [9.17, 15) is 9.59 Å². The van der Waals surface area contributed by atoms with Gasteiger partial charge < -0.3 is 19.5 Å². The van der Waals surface area contributed by atoms with E-state index in [1.165, 1.54) is 11.3 Å². The lowest BCUT2D eigenvalue weighted by atomic mass is 9.90. The van der Waals surface area contributed by atoms with Crippen LogP contribution in [0.25, 0.3) is 0 Å². The van der Waals surface area contributed by atoms with Crippen LogP contribution in [0.1, 0.15) is 45.3 Å². The molecule has 33 heavy (non-hydrogen) atoms. The Morgan fingerprint density at radius 3 is 2.94 bits per heavy atom. The zero-order valence-corrected chi connectivity index (χ0v) is 18.9. The average molecular weight is 466 g/mol. The van der Waals surface area contributed by atoms with Crippen molar-refractivity contribution in [3.05, 3.63) is 64.2 Å². The van der Waals surface area contributed by atoms with Crippen LogP contribution in [0.3, 0.4) is 0 Å². The summed E-state index contributed by atoms with van der Waals surface area (Å²) < 4.78 is 15.9. The van der Waals surface area contributed by atoms with Crippen molar-refractivity contribution in [3.63, 3.8) is 0 Å². The Morgan fingerprint density at radius 2 is 2.06 bits per heavy atom. The largest absolute Gasteiger partial charge is 0.497 e. The van der Waals surface area contributed by atoms with Crippen LogP contribution in [-0.2, 0) is 17.8 Å². The van der Waals surface area contributed by atoms with Gasteiger partial charge in [0.05, 0.1) is 18.7 Å². The molecule has 1 aromatic heterocycles. The molecule has 170 valence electrons. The van der Waals surface area contributed by atoms with Crippen LogP contribution in [0.15, 0.2) is 42.5 Å². The van der Waals surface area contributed by atoms with Crippen molar-refractivity contribution >= 4 is 28.3 Å². The minimum atomic E-state index is -0.327. The van der Waals surface area contributed by atoms with Gasteiger partial charge in [-0.05, 0) is 55.2 Å². The SMILES string of the molecule is COc1cccc(CNC(=O)C2CCCc3sc(NC(=O)c4ccc5c(c4)OCO5)nc32)c1. The number of anilines is 1. The number of hydrogen-bond acceptors (Lipinski definition) is 7. The normalized spacial score (nSPS) is 16.1. The zero-order valence-electron chi connectivity index (χ0n) is 18.1. The van der Waals surface area contributed by atoms with Gasteiger partial charge in [-0.2, -0.15) is 0 Å². The lowest BCUT2D eigenvalue weighted by molar-refractivity contribution is -0.123. The third-order valence-corrected chi connectivity index (χ3v) is 6.77. The van der Waals surface area contributed by atoms with E-state index in [4.69, 9.17) is 14.2 Å². The number of ether oxygens (including phenoxy) is 3. The molecule has 0 saturated heterocycles. The predicted octanol–water partition coefficient (Wildman–Crippen LogP) is 3.87. The highest BCUT2D eigenvalue weighted by atomic mass is 32.1. The van der Waals surface area contributed by atoms with E-state index in [0.717, 1.165) is 41.1 Å². The summed E-state index contributed by atoms with van der Waals surface area (Å²) in [6.07, 6.45) is 2.49. The average Bonchev–Trinajstić information content (AvgIpc) is 3.48. The first-order chi connectivity index (χ1) is 16.1. The molecule has 0 bridgehead atoms. The van der Waals surface area contributed by atoms with Crippen molar-refractivity contribution in [2.45, 2.75) is 31.7 Å². The molecule has 3 aromatic rings. The maximum atomic E-state index is 13.0. The molecule has 1 atom stereocenters. The number of aryl methyl sites for hydroxylation is 1. The van der Waals surface area contributed by atoms with Crippen LogP contribution in [0.2, 0.25) is 0 Å². The number of hydrogen-bond donors (Lipinski definition) is 2. The number of amides is 2. The highest BCUT2D eigenvalue weighted by Crippen LogP contribution is 2.37. The van der Waals surface area contributed by atoms with E-state index in [2.05, 4.69) is 15.6 Å².